The number of rotatable bonds is 6. The number of nitrogens with zero attached hydrogens (tertiary/aromatic N) is 3. The topological polar surface area (TPSA) is 50.8 Å². The van der Waals surface area contributed by atoms with Crippen LogP contribution in [-0.4, -0.2) is 0 Å². The van der Waals surface area contributed by atoms with E-state index in [-0.39, 0.29) is 0 Å². The molecule has 9 rings (SSSR count). The van der Waals surface area contributed by atoms with Gasteiger partial charge in [0.1, 0.15) is 0 Å². The van der Waals surface area contributed by atoms with Crippen molar-refractivity contribution in [3.63, 3.8) is 0 Å². The minimum atomic E-state index is 0.599. The molecule has 9 aromatic rings. The average Bonchev–Trinajstić information content (AvgIpc) is 3.24. The van der Waals surface area contributed by atoms with Gasteiger partial charge in [-0.1, -0.05) is 121 Å². The molecule has 0 bridgehead atoms. The number of benzene rings is 9. The van der Waals surface area contributed by atoms with Gasteiger partial charge >= 0.3 is 0 Å². The second-order valence-corrected chi connectivity index (χ2v) is 13.1. The molecule has 9 aromatic carbocycles. The second kappa shape index (κ2) is 13.3. The van der Waals surface area contributed by atoms with E-state index in [1.54, 1.807) is 0 Å². The van der Waals surface area contributed by atoms with Gasteiger partial charge in [-0.3, -0.25) is 0 Å². The van der Waals surface area contributed by atoms with Gasteiger partial charge in [0, 0.05) is 17.1 Å². The van der Waals surface area contributed by atoms with E-state index in [1.165, 1.54) is 43.8 Å². The minimum absolute atomic E-state index is 0.599. The zero-order valence-electron chi connectivity index (χ0n) is 28.7. The highest BCUT2D eigenvalue weighted by atomic mass is 15.1. The Morgan fingerprint density at radius 3 is 1.34 bits per heavy atom. The van der Waals surface area contributed by atoms with E-state index in [9.17, 15) is 10.5 Å². The Kier molecular flexibility index (Phi) is 7.94. The Bertz CT molecular complexity index is 2810. The molecule has 0 aliphatic carbocycles. The summed E-state index contributed by atoms with van der Waals surface area (Å²) in [4.78, 5) is 2.19. The van der Waals surface area contributed by atoms with Crippen LogP contribution in [0.1, 0.15) is 11.1 Å². The summed E-state index contributed by atoms with van der Waals surface area (Å²) in [5.41, 5.74) is 11.1. The maximum Gasteiger partial charge on any atom is 0.0991 e. The van der Waals surface area contributed by atoms with Crippen molar-refractivity contribution in [2.24, 2.45) is 0 Å². The molecule has 246 valence electrons. The fraction of sp³-hybridized carbons (Fsp3) is 0. The maximum absolute atomic E-state index is 9.56. The van der Waals surface area contributed by atoms with Crippen LogP contribution in [0.5, 0.6) is 0 Å². The Balaban J connectivity index is 1.43. The van der Waals surface area contributed by atoms with E-state index in [0.29, 0.717) is 11.1 Å². The third kappa shape index (κ3) is 5.55. The lowest BCUT2D eigenvalue weighted by Gasteiger charge is -2.27. The highest BCUT2D eigenvalue weighted by Crippen LogP contribution is 2.50. The predicted octanol–water partition coefficient (Wildman–Crippen LogP) is 13.4. The van der Waals surface area contributed by atoms with Crippen LogP contribution in [-0.2, 0) is 0 Å². The van der Waals surface area contributed by atoms with Crippen molar-refractivity contribution in [2.75, 3.05) is 4.90 Å². The Morgan fingerprint density at radius 2 is 0.792 bits per heavy atom. The van der Waals surface area contributed by atoms with Gasteiger partial charge in [-0.05, 0) is 132 Å². The lowest BCUT2D eigenvalue weighted by atomic mass is 9.81. The summed E-state index contributed by atoms with van der Waals surface area (Å²) in [6.07, 6.45) is 0. The van der Waals surface area contributed by atoms with Crippen LogP contribution in [0.15, 0.2) is 188 Å². The van der Waals surface area contributed by atoms with Gasteiger partial charge in [-0.25, -0.2) is 0 Å². The summed E-state index contributed by atoms with van der Waals surface area (Å²) in [7, 11) is 0. The summed E-state index contributed by atoms with van der Waals surface area (Å²) in [6, 6.07) is 69.9. The van der Waals surface area contributed by atoms with E-state index in [0.717, 1.165) is 39.0 Å². The highest BCUT2D eigenvalue weighted by Gasteiger charge is 2.22. The molecule has 0 aliphatic heterocycles. The predicted molar refractivity (Wildman–Crippen MR) is 219 cm³/mol. The third-order valence-corrected chi connectivity index (χ3v) is 10.1. The lowest BCUT2D eigenvalue weighted by Crippen LogP contribution is -2.10. The molecule has 0 saturated heterocycles. The maximum atomic E-state index is 9.56. The van der Waals surface area contributed by atoms with Gasteiger partial charge in [0.2, 0.25) is 0 Å². The van der Waals surface area contributed by atoms with Crippen molar-refractivity contribution in [1.29, 1.82) is 10.5 Å². The molecule has 0 radical (unpaired) electrons. The first-order chi connectivity index (χ1) is 26.2. The van der Waals surface area contributed by atoms with Crippen LogP contribution in [0.2, 0.25) is 0 Å². The summed E-state index contributed by atoms with van der Waals surface area (Å²) in [5, 5.41) is 26.2. The van der Waals surface area contributed by atoms with Crippen molar-refractivity contribution in [1.82, 2.24) is 0 Å². The van der Waals surface area contributed by atoms with Gasteiger partial charge in [-0.2, -0.15) is 10.5 Å². The molecule has 0 saturated carbocycles. The molecule has 0 amide bonds. The number of anilines is 3. The minimum Gasteiger partial charge on any atom is -0.310 e. The monoisotopic (exact) mass is 673 g/mol. The smallest absolute Gasteiger partial charge is 0.0991 e. The third-order valence-electron chi connectivity index (χ3n) is 10.1. The summed E-state index contributed by atoms with van der Waals surface area (Å²) < 4.78 is 0. The zero-order valence-corrected chi connectivity index (χ0v) is 28.7. The van der Waals surface area contributed by atoms with Gasteiger partial charge < -0.3 is 4.90 Å². The molecule has 0 unspecified atom stereocenters. The second-order valence-electron chi connectivity index (χ2n) is 13.1. The van der Waals surface area contributed by atoms with Crippen molar-refractivity contribution in [3.8, 4) is 45.5 Å². The molecule has 0 aromatic heterocycles. The van der Waals surface area contributed by atoms with Crippen LogP contribution in [0.3, 0.4) is 0 Å². The van der Waals surface area contributed by atoms with Crippen LogP contribution in [0.4, 0.5) is 17.1 Å². The Labute approximate surface area is 308 Å². The fourth-order valence-electron chi connectivity index (χ4n) is 7.69. The quantitative estimate of drug-likeness (QED) is 0.165. The summed E-state index contributed by atoms with van der Waals surface area (Å²) in [5.74, 6) is 0. The summed E-state index contributed by atoms with van der Waals surface area (Å²) >= 11 is 0. The van der Waals surface area contributed by atoms with Crippen molar-refractivity contribution < 1.29 is 0 Å². The molecule has 3 nitrogen and oxygen atoms in total. The molecule has 0 heterocycles. The van der Waals surface area contributed by atoms with Crippen molar-refractivity contribution in [3.05, 3.63) is 199 Å². The van der Waals surface area contributed by atoms with Crippen LogP contribution in [0, 0.1) is 22.7 Å². The van der Waals surface area contributed by atoms with Gasteiger partial charge in [-0.15, -0.1) is 0 Å². The standard InChI is InChI=1S/C50H31N3/c51-32-34-20-24-39(25-21-34)53(40-26-22-35(33-52)23-27-40)41-28-29-44-47(30-41)42-18-10-11-19-43(42)49-46(37-14-6-2-7-15-37)31-45(36-12-4-1-5-13-36)48(50(44)49)38-16-8-3-9-17-38/h1-31H. The lowest BCUT2D eigenvalue weighted by molar-refractivity contribution is 1.28. The van der Waals surface area contributed by atoms with Gasteiger partial charge in [0.15, 0.2) is 0 Å². The molecular weight excluding hydrogens is 643 g/mol. The molecule has 0 fully saturated rings. The average molecular weight is 674 g/mol. The van der Waals surface area contributed by atoms with Crippen molar-refractivity contribution >= 4 is 49.4 Å². The molecule has 0 N–H and O–H groups in total. The Hall–Kier alpha value is -7.46. The van der Waals surface area contributed by atoms with E-state index in [4.69, 9.17) is 0 Å². The molecule has 0 aliphatic rings. The summed E-state index contributed by atoms with van der Waals surface area (Å²) in [6.45, 7) is 0. The Morgan fingerprint density at radius 1 is 0.340 bits per heavy atom. The van der Waals surface area contributed by atoms with E-state index >= 15 is 0 Å². The molecule has 3 heteroatoms. The molecule has 53 heavy (non-hydrogen) atoms. The largest absolute Gasteiger partial charge is 0.310 e. The van der Waals surface area contributed by atoms with Crippen LogP contribution in [0.25, 0.3) is 65.7 Å². The molecule has 0 spiro atoms. The van der Waals surface area contributed by atoms with Gasteiger partial charge in [0.25, 0.3) is 0 Å². The van der Waals surface area contributed by atoms with Crippen LogP contribution >= 0.6 is 0 Å². The first-order valence-corrected chi connectivity index (χ1v) is 17.6. The first-order valence-electron chi connectivity index (χ1n) is 17.6. The van der Waals surface area contributed by atoms with E-state index < -0.39 is 0 Å². The number of hydrogen-bond donors (Lipinski definition) is 0. The van der Waals surface area contributed by atoms with E-state index in [2.05, 4.69) is 157 Å². The molecular formula is C50H31N3. The molecule has 0 atom stereocenters. The van der Waals surface area contributed by atoms with Gasteiger partial charge in [0.05, 0.1) is 23.3 Å². The number of fused-ring (bicyclic) bond motifs is 6. The number of hydrogen-bond acceptors (Lipinski definition) is 3. The van der Waals surface area contributed by atoms with E-state index in [1.807, 2.05) is 48.5 Å². The zero-order chi connectivity index (χ0) is 35.7. The SMILES string of the molecule is N#Cc1ccc(N(c2ccc(C#N)cc2)c2ccc3c(c2)c2ccccc2c2c(-c4ccccc4)cc(-c4ccccc4)c(-c4ccccc4)c32)cc1. The normalized spacial score (nSPS) is 11.0. The van der Waals surface area contributed by atoms with Crippen LogP contribution < -0.4 is 4.90 Å². The highest BCUT2D eigenvalue weighted by molar-refractivity contribution is 6.33. The first kappa shape index (κ1) is 31.5. The van der Waals surface area contributed by atoms with Crippen molar-refractivity contribution in [2.45, 2.75) is 0 Å². The number of nitriles is 2. The fourth-order valence-corrected chi connectivity index (χ4v) is 7.69.